The predicted octanol–water partition coefficient (Wildman–Crippen LogP) is 2.68. The fraction of sp³-hybridized carbons (Fsp3) is 0.250. The van der Waals surface area contributed by atoms with Gasteiger partial charge < -0.3 is 0 Å². The van der Waals surface area contributed by atoms with Gasteiger partial charge in [-0.05, 0) is 12.0 Å². The van der Waals surface area contributed by atoms with Crippen LogP contribution in [0, 0.1) is 5.92 Å². The van der Waals surface area contributed by atoms with Gasteiger partial charge in [0.15, 0.2) is 5.78 Å². The molecule has 1 aliphatic carbocycles. The highest BCUT2D eigenvalue weighted by Crippen LogP contribution is 2.27. The molecule has 0 saturated heterocycles. The first-order valence-electron chi connectivity index (χ1n) is 4.59. The van der Waals surface area contributed by atoms with Gasteiger partial charge in [-0.3, -0.25) is 4.79 Å². The third-order valence-corrected chi connectivity index (χ3v) is 2.47. The average molecular weight is 172 g/mol. The van der Waals surface area contributed by atoms with E-state index in [0.717, 1.165) is 17.6 Å². The van der Waals surface area contributed by atoms with Crippen molar-refractivity contribution in [2.45, 2.75) is 13.3 Å². The number of hydrogen-bond acceptors (Lipinski definition) is 1. The van der Waals surface area contributed by atoms with Crippen molar-refractivity contribution in [2.24, 2.45) is 5.92 Å². The van der Waals surface area contributed by atoms with E-state index in [4.69, 9.17) is 0 Å². The van der Waals surface area contributed by atoms with Crippen LogP contribution in [0.25, 0.3) is 5.57 Å². The van der Waals surface area contributed by atoms with E-state index in [0.29, 0.717) is 0 Å². The van der Waals surface area contributed by atoms with Gasteiger partial charge in [-0.1, -0.05) is 43.3 Å². The van der Waals surface area contributed by atoms with Crippen molar-refractivity contribution in [3.05, 3.63) is 42.0 Å². The molecule has 0 aliphatic heterocycles. The third-order valence-electron chi connectivity index (χ3n) is 2.47. The lowest BCUT2D eigenvalue weighted by Gasteiger charge is -2.02. The molecule has 1 unspecified atom stereocenters. The Morgan fingerprint density at radius 2 is 1.92 bits per heavy atom. The summed E-state index contributed by atoms with van der Waals surface area (Å²) in [5.41, 5.74) is 1.95. The number of Topliss-reactive ketones (excluding diaryl/α,β-unsaturated/α-hetero) is 1. The molecule has 1 heteroatoms. The first-order chi connectivity index (χ1) is 6.29. The summed E-state index contributed by atoms with van der Waals surface area (Å²) in [7, 11) is 0. The van der Waals surface area contributed by atoms with E-state index in [1.165, 1.54) is 0 Å². The van der Waals surface area contributed by atoms with Crippen molar-refractivity contribution >= 4 is 11.4 Å². The molecule has 66 valence electrons. The Morgan fingerprint density at radius 1 is 1.23 bits per heavy atom. The van der Waals surface area contributed by atoms with Gasteiger partial charge in [-0.15, -0.1) is 0 Å². The van der Waals surface area contributed by atoms with Crippen LogP contribution in [0.2, 0.25) is 0 Å². The molecule has 1 nitrogen and oxygen atoms in total. The summed E-state index contributed by atoms with van der Waals surface area (Å²) in [5, 5.41) is 0. The van der Waals surface area contributed by atoms with Crippen molar-refractivity contribution < 1.29 is 4.79 Å². The number of benzene rings is 1. The largest absolute Gasteiger partial charge is 0.294 e. The second-order valence-electron chi connectivity index (χ2n) is 3.48. The summed E-state index contributed by atoms with van der Waals surface area (Å²) in [6.07, 6.45) is 2.94. The summed E-state index contributed by atoms with van der Waals surface area (Å²) >= 11 is 0. The number of carbonyl (C=O) groups excluding carboxylic acids is 1. The van der Waals surface area contributed by atoms with Gasteiger partial charge in [0.25, 0.3) is 0 Å². The maximum absolute atomic E-state index is 11.6. The fourth-order valence-electron chi connectivity index (χ4n) is 1.65. The summed E-state index contributed by atoms with van der Waals surface area (Å²) in [6, 6.07) is 9.87. The van der Waals surface area contributed by atoms with E-state index in [-0.39, 0.29) is 11.7 Å². The van der Waals surface area contributed by atoms with Gasteiger partial charge in [0.1, 0.15) is 0 Å². The molecule has 0 radical (unpaired) electrons. The standard InChI is InChI=1S/C12H12O/c1-9-7-8-11(12(9)13)10-5-3-2-4-6-10/h2-6,8-9H,7H2,1H3. The lowest BCUT2D eigenvalue weighted by Crippen LogP contribution is -2.04. The molecular formula is C12H12O. The molecule has 13 heavy (non-hydrogen) atoms. The minimum Gasteiger partial charge on any atom is -0.294 e. The van der Waals surface area contributed by atoms with Gasteiger partial charge in [0.05, 0.1) is 0 Å². The van der Waals surface area contributed by atoms with Gasteiger partial charge in [-0.25, -0.2) is 0 Å². The third kappa shape index (κ3) is 1.42. The van der Waals surface area contributed by atoms with Crippen molar-refractivity contribution in [1.29, 1.82) is 0 Å². The van der Waals surface area contributed by atoms with Crippen molar-refractivity contribution in [3.8, 4) is 0 Å². The Bertz CT molecular complexity index is 349. The smallest absolute Gasteiger partial charge is 0.166 e. The monoisotopic (exact) mass is 172 g/mol. The Kier molecular flexibility index (Phi) is 2.01. The van der Waals surface area contributed by atoms with Crippen LogP contribution in [-0.4, -0.2) is 5.78 Å². The molecule has 1 aromatic carbocycles. The maximum Gasteiger partial charge on any atom is 0.166 e. The van der Waals surface area contributed by atoms with Crippen LogP contribution >= 0.6 is 0 Å². The normalized spacial score (nSPS) is 21.8. The van der Waals surface area contributed by atoms with Gasteiger partial charge in [0, 0.05) is 11.5 Å². The lowest BCUT2D eigenvalue weighted by atomic mass is 10.0. The molecule has 0 spiro atoms. The summed E-state index contributed by atoms with van der Waals surface area (Å²) in [6.45, 7) is 1.98. The SMILES string of the molecule is CC1CC=C(c2ccccc2)C1=O. The molecule has 0 amide bonds. The molecule has 1 aromatic rings. The molecule has 0 heterocycles. The van der Waals surface area contributed by atoms with Crippen LogP contribution in [0.5, 0.6) is 0 Å². The van der Waals surface area contributed by atoms with E-state index in [1.54, 1.807) is 0 Å². The predicted molar refractivity (Wildman–Crippen MR) is 53.2 cm³/mol. The van der Waals surface area contributed by atoms with Crippen molar-refractivity contribution in [3.63, 3.8) is 0 Å². The number of hydrogen-bond donors (Lipinski definition) is 0. The Labute approximate surface area is 78.1 Å². The summed E-state index contributed by atoms with van der Waals surface area (Å²) in [5.74, 6) is 0.460. The van der Waals surface area contributed by atoms with E-state index in [1.807, 2.05) is 43.3 Å². The lowest BCUT2D eigenvalue weighted by molar-refractivity contribution is -0.116. The van der Waals surface area contributed by atoms with E-state index in [2.05, 4.69) is 0 Å². The Hall–Kier alpha value is -1.37. The van der Waals surface area contributed by atoms with Crippen LogP contribution in [0.15, 0.2) is 36.4 Å². The molecule has 0 saturated carbocycles. The summed E-state index contributed by atoms with van der Waals surface area (Å²) < 4.78 is 0. The molecule has 1 atom stereocenters. The quantitative estimate of drug-likeness (QED) is 0.636. The second kappa shape index (κ2) is 3.17. The zero-order valence-electron chi connectivity index (χ0n) is 7.66. The highest BCUT2D eigenvalue weighted by Gasteiger charge is 2.23. The number of allylic oxidation sites excluding steroid dienone is 2. The van der Waals surface area contributed by atoms with Crippen LogP contribution in [-0.2, 0) is 4.79 Å². The number of ketones is 1. The molecule has 0 N–H and O–H groups in total. The minimum atomic E-state index is 0.176. The van der Waals surface area contributed by atoms with Crippen LogP contribution < -0.4 is 0 Å². The zero-order chi connectivity index (χ0) is 9.26. The molecular weight excluding hydrogens is 160 g/mol. The number of rotatable bonds is 1. The minimum absolute atomic E-state index is 0.176. The topological polar surface area (TPSA) is 17.1 Å². The maximum atomic E-state index is 11.6. The van der Waals surface area contributed by atoms with Crippen molar-refractivity contribution in [2.75, 3.05) is 0 Å². The fourth-order valence-corrected chi connectivity index (χ4v) is 1.65. The van der Waals surface area contributed by atoms with Gasteiger partial charge in [0.2, 0.25) is 0 Å². The highest BCUT2D eigenvalue weighted by atomic mass is 16.1. The van der Waals surface area contributed by atoms with Crippen LogP contribution in [0.3, 0.4) is 0 Å². The van der Waals surface area contributed by atoms with E-state index >= 15 is 0 Å². The second-order valence-corrected chi connectivity index (χ2v) is 3.48. The molecule has 1 aliphatic rings. The Morgan fingerprint density at radius 3 is 2.46 bits per heavy atom. The first kappa shape index (κ1) is 8.24. The van der Waals surface area contributed by atoms with Crippen molar-refractivity contribution in [1.82, 2.24) is 0 Å². The van der Waals surface area contributed by atoms with Crippen LogP contribution in [0.1, 0.15) is 18.9 Å². The zero-order valence-corrected chi connectivity index (χ0v) is 7.66. The first-order valence-corrected chi connectivity index (χ1v) is 4.59. The number of carbonyl (C=O) groups is 1. The summed E-state index contributed by atoms with van der Waals surface area (Å²) in [4.78, 5) is 11.6. The van der Waals surface area contributed by atoms with Crippen LogP contribution in [0.4, 0.5) is 0 Å². The Balaban J connectivity index is 2.34. The van der Waals surface area contributed by atoms with E-state index < -0.39 is 0 Å². The van der Waals surface area contributed by atoms with E-state index in [9.17, 15) is 4.79 Å². The molecule has 0 bridgehead atoms. The molecule has 2 rings (SSSR count). The van der Waals surface area contributed by atoms with Gasteiger partial charge in [-0.2, -0.15) is 0 Å². The average Bonchev–Trinajstić information content (AvgIpc) is 2.49. The molecule has 0 aromatic heterocycles. The van der Waals surface area contributed by atoms with Gasteiger partial charge >= 0.3 is 0 Å². The highest BCUT2D eigenvalue weighted by molar-refractivity contribution is 6.23. The molecule has 0 fully saturated rings.